The molecule has 0 bridgehead atoms. The molecule has 2 heterocycles. The summed E-state index contributed by atoms with van der Waals surface area (Å²) in [6.07, 6.45) is 2.36. The minimum absolute atomic E-state index is 0.130. The molecule has 1 amide bonds. The Balaban J connectivity index is 1.73. The predicted molar refractivity (Wildman–Crippen MR) is 106 cm³/mol. The SMILES string of the molecule is CC1CCN(C(CNC(=O)c2nc(Cl)ccc2Cl)c2ccccc2)CC1. The van der Waals surface area contributed by atoms with Crippen molar-refractivity contribution in [3.8, 4) is 0 Å². The lowest BCUT2D eigenvalue weighted by atomic mass is 9.95. The Morgan fingerprint density at radius 3 is 2.58 bits per heavy atom. The van der Waals surface area contributed by atoms with Gasteiger partial charge < -0.3 is 5.32 Å². The lowest BCUT2D eigenvalue weighted by Gasteiger charge is -2.37. The lowest BCUT2D eigenvalue weighted by molar-refractivity contribution is 0.0908. The number of benzene rings is 1. The summed E-state index contributed by atoms with van der Waals surface area (Å²) in [5.41, 5.74) is 1.37. The number of aromatic nitrogens is 1. The Labute approximate surface area is 164 Å². The number of piperidine rings is 1. The van der Waals surface area contributed by atoms with E-state index < -0.39 is 0 Å². The number of carbonyl (C=O) groups excluding carboxylic acids is 1. The van der Waals surface area contributed by atoms with Crippen LogP contribution in [-0.4, -0.2) is 35.4 Å². The Bertz CT molecular complexity index is 746. The average molecular weight is 392 g/mol. The van der Waals surface area contributed by atoms with E-state index in [2.05, 4.69) is 34.3 Å². The number of nitrogens with one attached hydrogen (secondary N) is 1. The van der Waals surface area contributed by atoms with Gasteiger partial charge in [0.05, 0.1) is 11.1 Å². The molecule has 26 heavy (non-hydrogen) atoms. The van der Waals surface area contributed by atoms with Crippen molar-refractivity contribution < 1.29 is 4.79 Å². The van der Waals surface area contributed by atoms with E-state index in [1.807, 2.05) is 18.2 Å². The molecule has 1 fully saturated rings. The lowest BCUT2D eigenvalue weighted by Crippen LogP contribution is -2.42. The number of nitrogens with zero attached hydrogens (tertiary/aromatic N) is 2. The van der Waals surface area contributed by atoms with Crippen LogP contribution in [0.1, 0.15) is 41.9 Å². The van der Waals surface area contributed by atoms with Crippen LogP contribution in [0.15, 0.2) is 42.5 Å². The van der Waals surface area contributed by atoms with Gasteiger partial charge in [-0.1, -0.05) is 60.5 Å². The first-order valence-electron chi connectivity index (χ1n) is 8.94. The highest BCUT2D eigenvalue weighted by Crippen LogP contribution is 2.26. The second-order valence-corrected chi connectivity index (χ2v) is 7.61. The number of halogens is 2. The van der Waals surface area contributed by atoms with E-state index in [4.69, 9.17) is 23.2 Å². The summed E-state index contributed by atoms with van der Waals surface area (Å²) in [5, 5.41) is 3.54. The molecule has 138 valence electrons. The van der Waals surface area contributed by atoms with Crippen LogP contribution in [0, 0.1) is 5.92 Å². The maximum atomic E-state index is 12.6. The minimum Gasteiger partial charge on any atom is -0.349 e. The number of carbonyl (C=O) groups is 1. The first-order valence-corrected chi connectivity index (χ1v) is 9.69. The van der Waals surface area contributed by atoms with E-state index in [0.29, 0.717) is 11.6 Å². The van der Waals surface area contributed by atoms with Gasteiger partial charge in [0.1, 0.15) is 10.8 Å². The summed E-state index contributed by atoms with van der Waals surface area (Å²) in [4.78, 5) is 19.1. The molecule has 1 aromatic heterocycles. The molecular formula is C20H23Cl2N3O. The fourth-order valence-corrected chi connectivity index (χ4v) is 3.66. The molecule has 1 atom stereocenters. The average Bonchev–Trinajstić information content (AvgIpc) is 2.66. The maximum Gasteiger partial charge on any atom is 0.271 e. The van der Waals surface area contributed by atoms with Crippen molar-refractivity contribution in [3.63, 3.8) is 0 Å². The van der Waals surface area contributed by atoms with Crippen molar-refractivity contribution in [1.29, 1.82) is 0 Å². The van der Waals surface area contributed by atoms with Crippen molar-refractivity contribution in [2.45, 2.75) is 25.8 Å². The van der Waals surface area contributed by atoms with Gasteiger partial charge in [0, 0.05) is 6.54 Å². The van der Waals surface area contributed by atoms with E-state index in [-0.39, 0.29) is 22.8 Å². The fraction of sp³-hybridized carbons (Fsp3) is 0.400. The number of likely N-dealkylation sites (tertiary alicyclic amines) is 1. The third-order valence-electron chi connectivity index (χ3n) is 4.93. The minimum atomic E-state index is -0.302. The van der Waals surface area contributed by atoms with Crippen LogP contribution in [0.2, 0.25) is 10.2 Å². The van der Waals surface area contributed by atoms with Crippen LogP contribution < -0.4 is 5.32 Å². The topological polar surface area (TPSA) is 45.2 Å². The second-order valence-electron chi connectivity index (χ2n) is 6.82. The van der Waals surface area contributed by atoms with Gasteiger partial charge in [-0.05, 0) is 49.5 Å². The molecule has 0 aliphatic carbocycles. The van der Waals surface area contributed by atoms with Crippen molar-refractivity contribution in [2.75, 3.05) is 19.6 Å². The Morgan fingerprint density at radius 1 is 1.19 bits per heavy atom. The first kappa shape index (κ1) is 19.2. The van der Waals surface area contributed by atoms with E-state index >= 15 is 0 Å². The van der Waals surface area contributed by atoms with Crippen LogP contribution in [0.5, 0.6) is 0 Å². The molecule has 1 aliphatic heterocycles. The monoisotopic (exact) mass is 391 g/mol. The molecule has 1 unspecified atom stereocenters. The molecule has 1 aromatic carbocycles. The summed E-state index contributed by atoms with van der Waals surface area (Å²) in [7, 11) is 0. The normalized spacial score (nSPS) is 17.0. The zero-order valence-corrected chi connectivity index (χ0v) is 16.3. The third kappa shape index (κ3) is 4.76. The van der Waals surface area contributed by atoms with Crippen molar-refractivity contribution >= 4 is 29.1 Å². The van der Waals surface area contributed by atoms with Gasteiger partial charge >= 0.3 is 0 Å². The van der Waals surface area contributed by atoms with Crippen LogP contribution >= 0.6 is 23.2 Å². The molecule has 2 aromatic rings. The second kappa shape index (κ2) is 8.85. The van der Waals surface area contributed by atoms with Gasteiger partial charge in [0.25, 0.3) is 5.91 Å². The summed E-state index contributed by atoms with van der Waals surface area (Å²) >= 11 is 12.0. The summed E-state index contributed by atoms with van der Waals surface area (Å²) in [6.45, 7) is 4.87. The highest BCUT2D eigenvalue weighted by atomic mass is 35.5. The van der Waals surface area contributed by atoms with Crippen LogP contribution in [0.3, 0.4) is 0 Å². The molecule has 0 saturated carbocycles. The highest BCUT2D eigenvalue weighted by Gasteiger charge is 2.25. The van der Waals surface area contributed by atoms with Crippen LogP contribution in [-0.2, 0) is 0 Å². The van der Waals surface area contributed by atoms with Gasteiger partial charge in [0.2, 0.25) is 0 Å². The number of rotatable bonds is 5. The molecule has 6 heteroatoms. The van der Waals surface area contributed by atoms with Crippen molar-refractivity contribution in [1.82, 2.24) is 15.2 Å². The van der Waals surface area contributed by atoms with Crippen molar-refractivity contribution in [2.24, 2.45) is 5.92 Å². The third-order valence-corrected chi connectivity index (χ3v) is 5.44. The first-order chi connectivity index (χ1) is 12.5. The number of pyridine rings is 1. The van der Waals surface area contributed by atoms with Crippen LogP contribution in [0.4, 0.5) is 0 Å². The molecule has 0 spiro atoms. The Morgan fingerprint density at radius 2 is 1.88 bits per heavy atom. The molecule has 1 saturated heterocycles. The number of hydrogen-bond acceptors (Lipinski definition) is 3. The summed E-state index contributed by atoms with van der Waals surface area (Å²) in [6, 6.07) is 13.6. The quantitative estimate of drug-likeness (QED) is 0.757. The number of amides is 1. The standard InChI is InChI=1S/C20H23Cl2N3O/c1-14-9-11-25(12-10-14)17(15-5-3-2-4-6-15)13-23-20(26)19-16(21)7-8-18(22)24-19/h2-8,14,17H,9-13H2,1H3,(H,23,26). The van der Waals surface area contributed by atoms with E-state index in [1.54, 1.807) is 12.1 Å². The van der Waals surface area contributed by atoms with E-state index in [1.165, 1.54) is 18.4 Å². The van der Waals surface area contributed by atoms with Gasteiger partial charge in [-0.2, -0.15) is 0 Å². The Hall–Kier alpha value is -1.62. The van der Waals surface area contributed by atoms with E-state index in [9.17, 15) is 4.79 Å². The molecule has 0 radical (unpaired) electrons. The summed E-state index contributed by atoms with van der Waals surface area (Å²) in [5.74, 6) is 0.454. The zero-order chi connectivity index (χ0) is 18.5. The Kier molecular flexibility index (Phi) is 6.52. The van der Waals surface area contributed by atoms with Gasteiger partial charge in [-0.15, -0.1) is 0 Å². The summed E-state index contributed by atoms with van der Waals surface area (Å²) < 4.78 is 0. The van der Waals surface area contributed by atoms with Crippen molar-refractivity contribution in [3.05, 3.63) is 63.9 Å². The van der Waals surface area contributed by atoms with E-state index in [0.717, 1.165) is 19.0 Å². The van der Waals surface area contributed by atoms with Gasteiger partial charge in [-0.3, -0.25) is 9.69 Å². The largest absolute Gasteiger partial charge is 0.349 e. The molecule has 1 N–H and O–H groups in total. The van der Waals surface area contributed by atoms with Gasteiger partial charge in [-0.25, -0.2) is 4.98 Å². The smallest absolute Gasteiger partial charge is 0.271 e. The maximum absolute atomic E-state index is 12.6. The van der Waals surface area contributed by atoms with Crippen LogP contribution in [0.25, 0.3) is 0 Å². The molecule has 1 aliphatic rings. The zero-order valence-electron chi connectivity index (χ0n) is 14.8. The molecular weight excluding hydrogens is 369 g/mol. The fourth-order valence-electron chi connectivity index (χ4n) is 3.32. The molecule has 3 rings (SSSR count). The van der Waals surface area contributed by atoms with Gasteiger partial charge in [0.15, 0.2) is 0 Å². The predicted octanol–water partition coefficient (Wildman–Crippen LogP) is 4.59. The highest BCUT2D eigenvalue weighted by molar-refractivity contribution is 6.34. The molecule has 4 nitrogen and oxygen atoms in total. The number of hydrogen-bond donors (Lipinski definition) is 1.